The molecular formula is C17H30N4S. The molecule has 0 aliphatic carbocycles. The summed E-state index contributed by atoms with van der Waals surface area (Å²) >= 11 is 1.73. The Morgan fingerprint density at radius 2 is 2.27 bits per heavy atom. The van der Waals surface area contributed by atoms with Crippen LogP contribution in [0, 0.1) is 5.92 Å². The van der Waals surface area contributed by atoms with Crippen LogP contribution < -0.4 is 10.6 Å². The smallest absolute Gasteiger partial charge is 0.191 e. The second-order valence-corrected chi connectivity index (χ2v) is 7.70. The van der Waals surface area contributed by atoms with E-state index < -0.39 is 0 Å². The zero-order valence-corrected chi connectivity index (χ0v) is 15.2. The zero-order valence-electron chi connectivity index (χ0n) is 14.4. The maximum Gasteiger partial charge on any atom is 0.191 e. The number of nitrogens with zero attached hydrogens (tertiary/aromatic N) is 2. The molecule has 1 fully saturated rings. The van der Waals surface area contributed by atoms with Gasteiger partial charge in [0, 0.05) is 32.2 Å². The third kappa shape index (κ3) is 4.99. The first-order chi connectivity index (χ1) is 10.5. The van der Waals surface area contributed by atoms with Crippen molar-refractivity contribution in [3.8, 4) is 0 Å². The quantitative estimate of drug-likeness (QED) is 0.647. The lowest BCUT2D eigenvalue weighted by Crippen LogP contribution is -2.55. The van der Waals surface area contributed by atoms with E-state index in [1.54, 1.807) is 11.3 Å². The summed E-state index contributed by atoms with van der Waals surface area (Å²) in [5, 5.41) is 11.1. The maximum atomic E-state index is 4.33. The molecule has 0 radical (unpaired) electrons. The van der Waals surface area contributed by atoms with Gasteiger partial charge in [-0.15, -0.1) is 0 Å². The van der Waals surface area contributed by atoms with Crippen molar-refractivity contribution in [1.82, 2.24) is 15.5 Å². The first-order valence-corrected chi connectivity index (χ1v) is 9.16. The van der Waals surface area contributed by atoms with Gasteiger partial charge in [-0.25, -0.2) is 0 Å². The molecule has 0 amide bonds. The summed E-state index contributed by atoms with van der Waals surface area (Å²) in [5.74, 6) is 1.69. The molecule has 0 bridgehead atoms. The summed E-state index contributed by atoms with van der Waals surface area (Å²) in [6.45, 7) is 11.1. The van der Waals surface area contributed by atoms with Crippen molar-refractivity contribution in [1.29, 1.82) is 0 Å². The lowest BCUT2D eigenvalue weighted by molar-refractivity contribution is 0.0739. The van der Waals surface area contributed by atoms with E-state index in [1.807, 2.05) is 7.05 Å². The van der Waals surface area contributed by atoms with Crippen molar-refractivity contribution in [2.24, 2.45) is 10.9 Å². The first kappa shape index (κ1) is 17.3. The van der Waals surface area contributed by atoms with Gasteiger partial charge >= 0.3 is 0 Å². The van der Waals surface area contributed by atoms with Crippen molar-refractivity contribution in [3.05, 3.63) is 22.4 Å². The highest BCUT2D eigenvalue weighted by molar-refractivity contribution is 7.07. The van der Waals surface area contributed by atoms with Gasteiger partial charge in [-0.1, -0.05) is 6.92 Å². The summed E-state index contributed by atoms with van der Waals surface area (Å²) in [5.41, 5.74) is 1.45. The van der Waals surface area contributed by atoms with Crippen LogP contribution in [-0.4, -0.2) is 43.1 Å². The summed E-state index contributed by atoms with van der Waals surface area (Å²) < 4.78 is 0. The molecule has 5 heteroatoms. The SMILES string of the molecule is CN=C(NCc1ccsc1)NCC(C)(C)N1CCCC(C)C1. The van der Waals surface area contributed by atoms with E-state index in [4.69, 9.17) is 0 Å². The number of hydrogen-bond acceptors (Lipinski definition) is 3. The molecule has 0 saturated carbocycles. The molecule has 1 saturated heterocycles. The van der Waals surface area contributed by atoms with Crippen LogP contribution in [0.1, 0.15) is 39.2 Å². The molecule has 1 unspecified atom stereocenters. The molecule has 2 heterocycles. The van der Waals surface area contributed by atoms with Crippen LogP contribution in [0.4, 0.5) is 0 Å². The number of piperidine rings is 1. The van der Waals surface area contributed by atoms with Gasteiger partial charge in [0.15, 0.2) is 5.96 Å². The Hall–Kier alpha value is -1.07. The largest absolute Gasteiger partial charge is 0.355 e. The molecule has 1 aliphatic heterocycles. The highest BCUT2D eigenvalue weighted by Crippen LogP contribution is 2.23. The highest BCUT2D eigenvalue weighted by atomic mass is 32.1. The molecular weight excluding hydrogens is 292 g/mol. The number of aliphatic imine (C=N–C) groups is 1. The van der Waals surface area contributed by atoms with Gasteiger partial charge in [0.1, 0.15) is 0 Å². The Bertz CT molecular complexity index is 467. The van der Waals surface area contributed by atoms with Gasteiger partial charge in [0.25, 0.3) is 0 Å². The summed E-state index contributed by atoms with van der Waals surface area (Å²) in [4.78, 5) is 6.94. The molecule has 2 N–H and O–H groups in total. The molecule has 1 aromatic heterocycles. The van der Waals surface area contributed by atoms with Crippen molar-refractivity contribution >= 4 is 17.3 Å². The van der Waals surface area contributed by atoms with Crippen LogP contribution in [0.5, 0.6) is 0 Å². The minimum absolute atomic E-state index is 0.148. The summed E-state index contributed by atoms with van der Waals surface area (Å²) in [7, 11) is 1.83. The molecule has 22 heavy (non-hydrogen) atoms. The molecule has 1 atom stereocenters. The lowest BCUT2D eigenvalue weighted by Gasteiger charge is -2.43. The molecule has 124 valence electrons. The number of rotatable bonds is 5. The summed E-state index contributed by atoms with van der Waals surface area (Å²) in [6, 6.07) is 2.14. The average Bonchev–Trinajstić information content (AvgIpc) is 3.01. The normalized spacial score (nSPS) is 20.9. The van der Waals surface area contributed by atoms with Gasteiger partial charge in [0.2, 0.25) is 0 Å². The second kappa shape index (κ2) is 7.97. The van der Waals surface area contributed by atoms with Gasteiger partial charge in [-0.2, -0.15) is 11.3 Å². The van der Waals surface area contributed by atoms with E-state index in [-0.39, 0.29) is 5.54 Å². The van der Waals surface area contributed by atoms with Crippen LogP contribution in [0.2, 0.25) is 0 Å². The minimum Gasteiger partial charge on any atom is -0.355 e. The van der Waals surface area contributed by atoms with E-state index in [0.29, 0.717) is 0 Å². The predicted molar refractivity (Wildman–Crippen MR) is 96.6 cm³/mol. The monoisotopic (exact) mass is 322 g/mol. The van der Waals surface area contributed by atoms with E-state index in [0.717, 1.165) is 25.0 Å². The van der Waals surface area contributed by atoms with Crippen molar-refractivity contribution < 1.29 is 0 Å². The second-order valence-electron chi connectivity index (χ2n) is 6.92. The first-order valence-electron chi connectivity index (χ1n) is 8.22. The lowest BCUT2D eigenvalue weighted by atomic mass is 9.93. The van der Waals surface area contributed by atoms with Crippen molar-refractivity contribution in [2.45, 2.75) is 45.7 Å². The van der Waals surface area contributed by atoms with Crippen LogP contribution in [0.15, 0.2) is 21.8 Å². The third-order valence-electron chi connectivity index (χ3n) is 4.47. The number of guanidine groups is 1. The van der Waals surface area contributed by atoms with Crippen molar-refractivity contribution in [2.75, 3.05) is 26.7 Å². The Balaban J connectivity index is 1.81. The van der Waals surface area contributed by atoms with E-state index in [9.17, 15) is 0 Å². The Kier molecular flexibility index (Phi) is 6.26. The fourth-order valence-electron chi connectivity index (χ4n) is 2.95. The standard InChI is InChI=1S/C17H30N4S/c1-14-6-5-8-21(11-14)17(2,3)13-20-16(18-4)19-10-15-7-9-22-12-15/h7,9,12,14H,5-6,8,10-11,13H2,1-4H3,(H2,18,19,20). The average molecular weight is 323 g/mol. The zero-order chi connectivity index (χ0) is 16.0. The molecule has 2 rings (SSSR count). The topological polar surface area (TPSA) is 39.7 Å². The molecule has 4 nitrogen and oxygen atoms in total. The van der Waals surface area contributed by atoms with Crippen LogP contribution >= 0.6 is 11.3 Å². The molecule has 1 aromatic rings. The van der Waals surface area contributed by atoms with Crippen LogP contribution in [0.3, 0.4) is 0 Å². The molecule has 1 aliphatic rings. The van der Waals surface area contributed by atoms with E-state index in [1.165, 1.54) is 31.5 Å². The van der Waals surface area contributed by atoms with Gasteiger partial charge in [-0.3, -0.25) is 9.89 Å². The maximum absolute atomic E-state index is 4.33. The van der Waals surface area contributed by atoms with E-state index in [2.05, 4.69) is 58.1 Å². The Morgan fingerprint density at radius 1 is 1.45 bits per heavy atom. The van der Waals surface area contributed by atoms with Gasteiger partial charge in [-0.05, 0) is 61.5 Å². The number of thiophene rings is 1. The third-order valence-corrected chi connectivity index (χ3v) is 5.20. The van der Waals surface area contributed by atoms with Gasteiger partial charge < -0.3 is 10.6 Å². The predicted octanol–water partition coefficient (Wildman–Crippen LogP) is 2.92. The van der Waals surface area contributed by atoms with Gasteiger partial charge in [0.05, 0.1) is 0 Å². The fraction of sp³-hybridized carbons (Fsp3) is 0.706. The van der Waals surface area contributed by atoms with Crippen LogP contribution in [-0.2, 0) is 6.54 Å². The number of nitrogens with one attached hydrogen (secondary N) is 2. The van der Waals surface area contributed by atoms with Crippen LogP contribution in [0.25, 0.3) is 0 Å². The minimum atomic E-state index is 0.148. The highest BCUT2D eigenvalue weighted by Gasteiger charge is 2.30. The Labute approximate surface area is 139 Å². The number of likely N-dealkylation sites (tertiary alicyclic amines) is 1. The Morgan fingerprint density at radius 3 is 2.91 bits per heavy atom. The summed E-state index contributed by atoms with van der Waals surface area (Å²) in [6.07, 6.45) is 2.68. The molecule has 0 aromatic carbocycles. The van der Waals surface area contributed by atoms with Crippen molar-refractivity contribution in [3.63, 3.8) is 0 Å². The fourth-order valence-corrected chi connectivity index (χ4v) is 3.62. The molecule has 0 spiro atoms. The van der Waals surface area contributed by atoms with E-state index >= 15 is 0 Å². The number of hydrogen-bond donors (Lipinski definition) is 2.